The first kappa shape index (κ1) is 14.1. The van der Waals surface area contributed by atoms with Crippen molar-refractivity contribution in [2.24, 2.45) is 5.92 Å². The predicted molar refractivity (Wildman–Crippen MR) is 78.1 cm³/mol. The fraction of sp³-hybridized carbons (Fsp3) is 0.538. The Morgan fingerprint density at radius 3 is 2.75 bits per heavy atom. The van der Waals surface area contributed by atoms with Crippen LogP contribution in [0.25, 0.3) is 0 Å². The molecule has 0 fully saturated rings. The molecule has 1 nitrogen and oxygen atoms in total. The van der Waals surface area contributed by atoms with E-state index in [1.54, 1.807) is 0 Å². The topological polar surface area (TPSA) is 12.0 Å². The average Bonchev–Trinajstić information content (AvgIpc) is 2.26. The van der Waals surface area contributed by atoms with E-state index in [1.165, 1.54) is 11.3 Å². The molecule has 1 N–H and O–H groups in total. The molecule has 0 aliphatic heterocycles. The molecule has 90 valence electrons. The number of nitrogens with one attached hydrogen (secondary N) is 1. The number of thioether (sulfide) groups is 1. The molecule has 0 spiro atoms. The highest BCUT2D eigenvalue weighted by atomic mass is 79.9. The summed E-state index contributed by atoms with van der Waals surface area (Å²) in [5.74, 6) is 1.95. The molecular weight excluding hydrogens is 282 g/mol. The largest absolute Gasteiger partial charge is 0.310 e. The van der Waals surface area contributed by atoms with E-state index < -0.39 is 0 Å². The van der Waals surface area contributed by atoms with Crippen molar-refractivity contribution in [3.8, 4) is 0 Å². The minimum absolute atomic E-state index is 0.418. The molecule has 0 radical (unpaired) electrons. The minimum atomic E-state index is 0.418. The molecule has 1 aromatic carbocycles. The zero-order valence-corrected chi connectivity index (χ0v) is 12.6. The molecular formula is C13H20BrNS. The molecule has 0 aliphatic rings. The predicted octanol–water partition coefficient (Wildman–Crippen LogP) is 4.10. The maximum Gasteiger partial charge on any atom is 0.0292 e. The lowest BCUT2D eigenvalue weighted by atomic mass is 10.1. The summed E-state index contributed by atoms with van der Waals surface area (Å²) in [5.41, 5.74) is 1.34. The Kier molecular flexibility index (Phi) is 6.47. The van der Waals surface area contributed by atoms with Gasteiger partial charge in [-0.25, -0.2) is 0 Å². The molecule has 0 saturated heterocycles. The summed E-state index contributed by atoms with van der Waals surface area (Å²) in [4.78, 5) is 0. The third kappa shape index (κ3) is 4.89. The fourth-order valence-electron chi connectivity index (χ4n) is 1.62. The summed E-state index contributed by atoms with van der Waals surface area (Å²) in [5, 5.41) is 3.58. The van der Waals surface area contributed by atoms with E-state index in [9.17, 15) is 0 Å². The number of benzene rings is 1. The number of rotatable bonds is 6. The van der Waals surface area contributed by atoms with Crippen LogP contribution in [-0.2, 0) is 0 Å². The van der Waals surface area contributed by atoms with E-state index in [-0.39, 0.29) is 0 Å². The smallest absolute Gasteiger partial charge is 0.0292 e. The quantitative estimate of drug-likeness (QED) is 0.849. The second-order valence-electron chi connectivity index (χ2n) is 4.25. The van der Waals surface area contributed by atoms with Gasteiger partial charge in [-0.3, -0.25) is 0 Å². The lowest BCUT2D eigenvalue weighted by molar-refractivity contribution is 0.501. The van der Waals surface area contributed by atoms with Crippen LogP contribution in [0.3, 0.4) is 0 Å². The van der Waals surface area contributed by atoms with Crippen molar-refractivity contribution in [3.05, 3.63) is 34.3 Å². The highest BCUT2D eigenvalue weighted by Gasteiger charge is 2.07. The molecule has 2 unspecified atom stereocenters. The van der Waals surface area contributed by atoms with Gasteiger partial charge in [0.25, 0.3) is 0 Å². The van der Waals surface area contributed by atoms with Crippen LogP contribution in [0.1, 0.15) is 25.5 Å². The second-order valence-corrected chi connectivity index (χ2v) is 6.07. The summed E-state index contributed by atoms with van der Waals surface area (Å²) in [6, 6.07) is 8.91. The van der Waals surface area contributed by atoms with Gasteiger partial charge in [-0.2, -0.15) is 11.8 Å². The van der Waals surface area contributed by atoms with Crippen molar-refractivity contribution >= 4 is 27.7 Å². The summed E-state index contributed by atoms with van der Waals surface area (Å²) in [7, 11) is 0. The van der Waals surface area contributed by atoms with E-state index in [2.05, 4.69) is 65.6 Å². The molecule has 0 aromatic heterocycles. The van der Waals surface area contributed by atoms with Crippen molar-refractivity contribution < 1.29 is 0 Å². The minimum Gasteiger partial charge on any atom is -0.310 e. The van der Waals surface area contributed by atoms with Crippen molar-refractivity contribution in [3.63, 3.8) is 0 Å². The van der Waals surface area contributed by atoms with Gasteiger partial charge in [0.05, 0.1) is 0 Å². The molecule has 0 bridgehead atoms. The lowest BCUT2D eigenvalue weighted by Crippen LogP contribution is -2.25. The zero-order chi connectivity index (χ0) is 12.0. The van der Waals surface area contributed by atoms with Crippen LogP contribution in [0.15, 0.2) is 28.7 Å². The van der Waals surface area contributed by atoms with Gasteiger partial charge in [0, 0.05) is 10.5 Å². The molecule has 0 heterocycles. The first-order chi connectivity index (χ1) is 7.63. The summed E-state index contributed by atoms with van der Waals surface area (Å²) in [6.07, 6.45) is 2.16. The van der Waals surface area contributed by atoms with E-state index in [0.717, 1.165) is 16.9 Å². The van der Waals surface area contributed by atoms with Crippen molar-refractivity contribution in [2.45, 2.75) is 19.9 Å². The van der Waals surface area contributed by atoms with Crippen LogP contribution in [0, 0.1) is 5.92 Å². The highest BCUT2D eigenvalue weighted by Crippen LogP contribution is 2.18. The molecule has 1 aromatic rings. The highest BCUT2D eigenvalue weighted by molar-refractivity contribution is 9.10. The first-order valence-corrected chi connectivity index (χ1v) is 7.80. The summed E-state index contributed by atoms with van der Waals surface area (Å²) in [6.45, 7) is 5.58. The standard InChI is InChI=1S/C13H20BrNS/c1-10(9-16-3)8-15-11(2)12-5-4-6-13(14)7-12/h4-7,10-11,15H,8-9H2,1-3H3. The Balaban J connectivity index is 2.43. The van der Waals surface area contributed by atoms with Crippen LogP contribution in [-0.4, -0.2) is 18.6 Å². The molecule has 0 saturated carbocycles. The first-order valence-electron chi connectivity index (χ1n) is 5.61. The Hall–Kier alpha value is 0.01000. The Labute approximate surface area is 112 Å². The average molecular weight is 302 g/mol. The lowest BCUT2D eigenvalue weighted by Gasteiger charge is -2.17. The Morgan fingerprint density at radius 2 is 2.12 bits per heavy atom. The SMILES string of the molecule is CSCC(C)CNC(C)c1cccc(Br)c1. The Morgan fingerprint density at radius 1 is 1.38 bits per heavy atom. The molecule has 16 heavy (non-hydrogen) atoms. The van der Waals surface area contributed by atoms with Crippen LogP contribution < -0.4 is 5.32 Å². The third-order valence-corrected chi connectivity index (χ3v) is 3.97. The van der Waals surface area contributed by atoms with Crippen LogP contribution in [0.2, 0.25) is 0 Å². The molecule has 3 heteroatoms. The van der Waals surface area contributed by atoms with Gasteiger partial charge in [-0.1, -0.05) is 35.0 Å². The normalized spacial score (nSPS) is 14.8. The van der Waals surface area contributed by atoms with E-state index in [0.29, 0.717) is 6.04 Å². The van der Waals surface area contributed by atoms with E-state index in [1.807, 2.05) is 11.8 Å². The van der Waals surface area contributed by atoms with Crippen LogP contribution >= 0.6 is 27.7 Å². The molecule has 0 amide bonds. The van der Waals surface area contributed by atoms with Gasteiger partial charge in [-0.05, 0) is 49.1 Å². The van der Waals surface area contributed by atoms with Gasteiger partial charge in [-0.15, -0.1) is 0 Å². The van der Waals surface area contributed by atoms with Gasteiger partial charge in [0.1, 0.15) is 0 Å². The van der Waals surface area contributed by atoms with Gasteiger partial charge in [0.2, 0.25) is 0 Å². The molecule has 2 atom stereocenters. The van der Waals surface area contributed by atoms with Crippen molar-refractivity contribution in [1.82, 2.24) is 5.32 Å². The summed E-state index contributed by atoms with van der Waals surface area (Å²) >= 11 is 5.42. The van der Waals surface area contributed by atoms with E-state index >= 15 is 0 Å². The summed E-state index contributed by atoms with van der Waals surface area (Å²) < 4.78 is 1.15. The molecule has 1 rings (SSSR count). The second kappa shape index (κ2) is 7.36. The zero-order valence-electron chi connectivity index (χ0n) is 10.2. The number of hydrogen-bond donors (Lipinski definition) is 1. The monoisotopic (exact) mass is 301 g/mol. The fourth-order valence-corrected chi connectivity index (χ4v) is 2.72. The van der Waals surface area contributed by atoms with Gasteiger partial charge in [0.15, 0.2) is 0 Å². The maximum atomic E-state index is 3.58. The van der Waals surface area contributed by atoms with Gasteiger partial charge < -0.3 is 5.32 Å². The van der Waals surface area contributed by atoms with E-state index in [4.69, 9.17) is 0 Å². The number of hydrogen-bond acceptors (Lipinski definition) is 2. The van der Waals surface area contributed by atoms with Crippen molar-refractivity contribution in [2.75, 3.05) is 18.6 Å². The third-order valence-electron chi connectivity index (χ3n) is 2.57. The maximum absolute atomic E-state index is 3.58. The van der Waals surface area contributed by atoms with Crippen LogP contribution in [0.5, 0.6) is 0 Å². The molecule has 0 aliphatic carbocycles. The Bertz CT molecular complexity index is 317. The van der Waals surface area contributed by atoms with Crippen molar-refractivity contribution in [1.29, 1.82) is 0 Å². The van der Waals surface area contributed by atoms with Gasteiger partial charge >= 0.3 is 0 Å². The number of halogens is 1. The van der Waals surface area contributed by atoms with Crippen LogP contribution in [0.4, 0.5) is 0 Å².